The van der Waals surface area contributed by atoms with Crippen LogP contribution >= 0.6 is 0 Å². The molecule has 5 heteroatoms. The van der Waals surface area contributed by atoms with Crippen molar-refractivity contribution in [1.29, 1.82) is 0 Å². The van der Waals surface area contributed by atoms with Crippen LogP contribution in [-0.4, -0.2) is 56.2 Å². The van der Waals surface area contributed by atoms with Crippen LogP contribution in [0.25, 0.3) is 0 Å². The van der Waals surface area contributed by atoms with E-state index in [4.69, 9.17) is 10.5 Å². The standard InChI is InChI=1S/C11H25N3O2/c1-4-14(6-8-16-7-5-12)9-11(15)13-10(2)3/h10H,4-9,12H2,1-3H3,(H,13,15). The van der Waals surface area contributed by atoms with Crippen LogP contribution in [0.3, 0.4) is 0 Å². The van der Waals surface area contributed by atoms with E-state index in [9.17, 15) is 4.79 Å². The van der Waals surface area contributed by atoms with Crippen molar-refractivity contribution in [3.63, 3.8) is 0 Å². The van der Waals surface area contributed by atoms with Crippen molar-refractivity contribution in [3.05, 3.63) is 0 Å². The average molecular weight is 231 g/mol. The van der Waals surface area contributed by atoms with Crippen LogP contribution in [0.2, 0.25) is 0 Å². The summed E-state index contributed by atoms with van der Waals surface area (Å²) in [6.07, 6.45) is 0. The molecule has 0 heterocycles. The average Bonchev–Trinajstić information content (AvgIpc) is 2.21. The molecule has 96 valence electrons. The number of amides is 1. The number of nitrogens with zero attached hydrogens (tertiary/aromatic N) is 1. The number of ether oxygens (including phenoxy) is 1. The molecule has 0 aromatic carbocycles. The van der Waals surface area contributed by atoms with Gasteiger partial charge in [-0.25, -0.2) is 0 Å². The second kappa shape index (κ2) is 9.57. The summed E-state index contributed by atoms with van der Waals surface area (Å²) in [4.78, 5) is 13.5. The van der Waals surface area contributed by atoms with Gasteiger partial charge in [0.15, 0.2) is 0 Å². The molecule has 1 amide bonds. The second-order valence-electron chi connectivity index (χ2n) is 3.99. The van der Waals surface area contributed by atoms with E-state index in [2.05, 4.69) is 5.32 Å². The first-order chi connectivity index (χ1) is 7.60. The van der Waals surface area contributed by atoms with E-state index in [0.29, 0.717) is 26.3 Å². The van der Waals surface area contributed by atoms with Crippen molar-refractivity contribution >= 4 is 5.91 Å². The van der Waals surface area contributed by atoms with E-state index < -0.39 is 0 Å². The highest BCUT2D eigenvalue weighted by Crippen LogP contribution is 1.89. The highest BCUT2D eigenvalue weighted by Gasteiger charge is 2.09. The number of hydrogen-bond donors (Lipinski definition) is 2. The fourth-order valence-electron chi connectivity index (χ4n) is 1.30. The lowest BCUT2D eigenvalue weighted by molar-refractivity contribution is -0.122. The minimum Gasteiger partial charge on any atom is -0.379 e. The Morgan fingerprint density at radius 3 is 2.62 bits per heavy atom. The predicted molar refractivity (Wildman–Crippen MR) is 65.3 cm³/mol. The summed E-state index contributed by atoms with van der Waals surface area (Å²) < 4.78 is 5.28. The molecule has 0 atom stereocenters. The number of carbonyl (C=O) groups is 1. The summed E-state index contributed by atoms with van der Waals surface area (Å²) in [5.74, 6) is 0.0654. The van der Waals surface area contributed by atoms with Crippen LogP contribution in [0.15, 0.2) is 0 Å². The van der Waals surface area contributed by atoms with Crippen molar-refractivity contribution in [2.45, 2.75) is 26.8 Å². The molecular weight excluding hydrogens is 206 g/mol. The molecule has 0 saturated carbocycles. The molecular formula is C11H25N3O2. The lowest BCUT2D eigenvalue weighted by atomic mass is 10.3. The van der Waals surface area contributed by atoms with Gasteiger partial charge in [-0.3, -0.25) is 9.69 Å². The van der Waals surface area contributed by atoms with E-state index in [1.54, 1.807) is 0 Å². The smallest absolute Gasteiger partial charge is 0.234 e. The van der Waals surface area contributed by atoms with E-state index in [1.807, 2.05) is 25.7 Å². The summed E-state index contributed by atoms with van der Waals surface area (Å²) in [6, 6.07) is 0.194. The molecule has 0 aliphatic rings. The normalized spacial score (nSPS) is 11.1. The lowest BCUT2D eigenvalue weighted by Gasteiger charge is -2.20. The van der Waals surface area contributed by atoms with Gasteiger partial charge in [-0.05, 0) is 20.4 Å². The number of hydrogen-bond acceptors (Lipinski definition) is 4. The number of carbonyl (C=O) groups excluding carboxylic acids is 1. The fraction of sp³-hybridized carbons (Fsp3) is 0.909. The van der Waals surface area contributed by atoms with Gasteiger partial charge >= 0.3 is 0 Å². The molecule has 16 heavy (non-hydrogen) atoms. The van der Waals surface area contributed by atoms with E-state index in [1.165, 1.54) is 0 Å². The first-order valence-electron chi connectivity index (χ1n) is 5.89. The maximum absolute atomic E-state index is 11.5. The van der Waals surface area contributed by atoms with Crippen LogP contribution in [0.5, 0.6) is 0 Å². The van der Waals surface area contributed by atoms with E-state index >= 15 is 0 Å². The molecule has 0 unspecified atom stereocenters. The first-order valence-corrected chi connectivity index (χ1v) is 5.89. The largest absolute Gasteiger partial charge is 0.379 e. The zero-order valence-corrected chi connectivity index (χ0v) is 10.7. The maximum Gasteiger partial charge on any atom is 0.234 e. The van der Waals surface area contributed by atoms with Gasteiger partial charge in [0.1, 0.15) is 0 Å². The number of likely N-dealkylation sites (N-methyl/N-ethyl adjacent to an activating group) is 1. The van der Waals surface area contributed by atoms with Crippen molar-refractivity contribution in [2.75, 3.05) is 39.4 Å². The second-order valence-corrected chi connectivity index (χ2v) is 3.99. The molecule has 5 nitrogen and oxygen atoms in total. The Hall–Kier alpha value is -0.650. The molecule has 0 rings (SSSR count). The Balaban J connectivity index is 3.69. The van der Waals surface area contributed by atoms with Gasteiger partial charge in [0.05, 0.1) is 19.8 Å². The van der Waals surface area contributed by atoms with Gasteiger partial charge in [0.25, 0.3) is 0 Å². The van der Waals surface area contributed by atoms with Crippen molar-refractivity contribution in [2.24, 2.45) is 5.73 Å². The monoisotopic (exact) mass is 231 g/mol. The van der Waals surface area contributed by atoms with Crippen LogP contribution in [0, 0.1) is 0 Å². The molecule has 0 radical (unpaired) electrons. The van der Waals surface area contributed by atoms with Crippen molar-refractivity contribution < 1.29 is 9.53 Å². The molecule has 0 aromatic heterocycles. The molecule has 3 N–H and O–H groups in total. The summed E-state index contributed by atoms with van der Waals surface area (Å²) in [7, 11) is 0. The number of nitrogens with one attached hydrogen (secondary N) is 1. The number of nitrogens with two attached hydrogens (primary N) is 1. The Kier molecular flexibility index (Phi) is 9.18. The van der Waals surface area contributed by atoms with E-state index in [0.717, 1.165) is 13.1 Å². The van der Waals surface area contributed by atoms with Crippen LogP contribution in [-0.2, 0) is 9.53 Å². The van der Waals surface area contributed by atoms with Crippen LogP contribution in [0.1, 0.15) is 20.8 Å². The van der Waals surface area contributed by atoms with Gasteiger partial charge in [-0.15, -0.1) is 0 Å². The van der Waals surface area contributed by atoms with Gasteiger partial charge in [-0.1, -0.05) is 6.92 Å². The van der Waals surface area contributed by atoms with Crippen molar-refractivity contribution in [3.8, 4) is 0 Å². The minimum absolute atomic E-state index is 0.0654. The molecule has 0 fully saturated rings. The Morgan fingerprint density at radius 2 is 2.12 bits per heavy atom. The molecule has 0 bridgehead atoms. The van der Waals surface area contributed by atoms with E-state index in [-0.39, 0.29) is 11.9 Å². The minimum atomic E-state index is 0.0654. The summed E-state index contributed by atoms with van der Waals surface area (Å²) >= 11 is 0. The highest BCUT2D eigenvalue weighted by atomic mass is 16.5. The summed E-state index contributed by atoms with van der Waals surface area (Å²) in [6.45, 7) is 9.73. The Bertz CT molecular complexity index is 186. The molecule has 0 spiro atoms. The summed E-state index contributed by atoms with van der Waals surface area (Å²) in [5.41, 5.74) is 5.31. The van der Waals surface area contributed by atoms with Gasteiger partial charge in [0.2, 0.25) is 5.91 Å². The maximum atomic E-state index is 11.5. The van der Waals surface area contributed by atoms with Gasteiger partial charge in [-0.2, -0.15) is 0 Å². The third-order valence-corrected chi connectivity index (χ3v) is 2.08. The zero-order valence-electron chi connectivity index (χ0n) is 10.7. The topological polar surface area (TPSA) is 67.6 Å². The third-order valence-electron chi connectivity index (χ3n) is 2.08. The van der Waals surface area contributed by atoms with Crippen LogP contribution in [0.4, 0.5) is 0 Å². The van der Waals surface area contributed by atoms with Crippen molar-refractivity contribution in [1.82, 2.24) is 10.2 Å². The quantitative estimate of drug-likeness (QED) is 0.540. The van der Waals surface area contributed by atoms with Gasteiger partial charge in [0, 0.05) is 19.1 Å². The Morgan fingerprint density at radius 1 is 1.44 bits per heavy atom. The number of rotatable bonds is 9. The molecule has 0 aromatic rings. The lowest BCUT2D eigenvalue weighted by Crippen LogP contribution is -2.41. The fourth-order valence-corrected chi connectivity index (χ4v) is 1.30. The first kappa shape index (κ1) is 15.3. The third kappa shape index (κ3) is 8.64. The zero-order chi connectivity index (χ0) is 12.4. The van der Waals surface area contributed by atoms with Gasteiger partial charge < -0.3 is 15.8 Å². The highest BCUT2D eigenvalue weighted by molar-refractivity contribution is 5.78. The summed E-state index contributed by atoms with van der Waals surface area (Å²) in [5, 5.41) is 2.87. The van der Waals surface area contributed by atoms with Crippen LogP contribution < -0.4 is 11.1 Å². The predicted octanol–water partition coefficient (Wildman–Crippen LogP) is -0.192. The molecule has 0 aliphatic heterocycles. The molecule has 0 aliphatic carbocycles. The SMILES string of the molecule is CCN(CCOCCN)CC(=O)NC(C)C. The molecule has 0 saturated heterocycles. The Labute approximate surface area is 98.3 Å².